The summed E-state index contributed by atoms with van der Waals surface area (Å²) >= 11 is 5.99. The Balaban J connectivity index is 1.80. The summed E-state index contributed by atoms with van der Waals surface area (Å²) in [6.07, 6.45) is 3.68. The summed E-state index contributed by atoms with van der Waals surface area (Å²) in [5.41, 5.74) is 7.28. The van der Waals surface area contributed by atoms with Gasteiger partial charge in [0.1, 0.15) is 5.82 Å². The first-order valence-electron chi connectivity index (χ1n) is 9.47. The van der Waals surface area contributed by atoms with Gasteiger partial charge in [0, 0.05) is 43.0 Å². The maximum Gasteiger partial charge on any atom is 0.230 e. The third-order valence-electron chi connectivity index (χ3n) is 5.09. The van der Waals surface area contributed by atoms with Crippen LogP contribution in [0.1, 0.15) is 24.5 Å². The van der Waals surface area contributed by atoms with Crippen LogP contribution in [0.25, 0.3) is 0 Å². The molecule has 0 saturated carbocycles. The molecule has 1 aliphatic rings. The number of rotatable bonds is 8. The Hall–Kier alpha value is -2.38. The molecule has 2 heterocycles. The summed E-state index contributed by atoms with van der Waals surface area (Å²) < 4.78 is 0. The van der Waals surface area contributed by atoms with Gasteiger partial charge in [-0.05, 0) is 37.0 Å². The first-order chi connectivity index (χ1) is 13.5. The van der Waals surface area contributed by atoms with Gasteiger partial charge in [-0.25, -0.2) is 4.98 Å². The number of nitrogen functional groups attached to an aromatic ring is 1. The van der Waals surface area contributed by atoms with E-state index in [4.69, 9.17) is 22.4 Å². The molecule has 1 aromatic heterocycles. The van der Waals surface area contributed by atoms with Crippen molar-refractivity contribution in [3.8, 4) is 0 Å². The highest BCUT2D eigenvalue weighted by atomic mass is 35.5. The van der Waals surface area contributed by atoms with Crippen molar-refractivity contribution in [1.82, 2.24) is 15.3 Å². The molecule has 0 unspecified atom stereocenters. The molecule has 1 aromatic carbocycles. The number of nitrogens with one attached hydrogen (secondary N) is 1. The van der Waals surface area contributed by atoms with E-state index >= 15 is 0 Å². The normalized spacial score (nSPS) is 15.2. The second-order valence-electron chi connectivity index (χ2n) is 7.20. The Morgan fingerprint density at radius 3 is 2.71 bits per heavy atom. The minimum Gasteiger partial charge on any atom is -0.396 e. The standard InChI is InChI=1S/C20H26ClN5O2/c1-2-15-11-24-19(22)25-17(15)26-12-20(13-26,18(28)23-8-3-9-27)10-14-4-6-16(21)7-5-14/h4-7,11,27H,2-3,8-10,12-13H2,1H3,(H,23,28)(H2,22,24,25). The molecular formula is C20H26ClN5O2. The lowest BCUT2D eigenvalue weighted by molar-refractivity contribution is -0.132. The molecule has 8 heteroatoms. The number of carbonyl (C=O) groups excluding carboxylic acids is 1. The van der Waals surface area contributed by atoms with Gasteiger partial charge in [-0.2, -0.15) is 4.98 Å². The molecule has 2 aromatic rings. The van der Waals surface area contributed by atoms with Crippen LogP contribution in [0, 0.1) is 5.41 Å². The number of aromatic nitrogens is 2. The maximum absolute atomic E-state index is 13.0. The Morgan fingerprint density at radius 1 is 1.36 bits per heavy atom. The van der Waals surface area contributed by atoms with E-state index in [1.54, 1.807) is 6.20 Å². The van der Waals surface area contributed by atoms with Crippen LogP contribution in [0.15, 0.2) is 30.5 Å². The number of hydrogen-bond acceptors (Lipinski definition) is 6. The number of benzene rings is 1. The topological polar surface area (TPSA) is 104 Å². The van der Waals surface area contributed by atoms with Crippen LogP contribution >= 0.6 is 11.6 Å². The van der Waals surface area contributed by atoms with E-state index in [0.717, 1.165) is 23.4 Å². The third-order valence-corrected chi connectivity index (χ3v) is 5.34. The van der Waals surface area contributed by atoms with E-state index in [1.807, 2.05) is 31.2 Å². The predicted molar refractivity (Wildman–Crippen MR) is 110 cm³/mol. The molecule has 0 bridgehead atoms. The van der Waals surface area contributed by atoms with Crippen molar-refractivity contribution >= 4 is 29.3 Å². The number of nitrogens with two attached hydrogens (primary N) is 1. The molecule has 3 rings (SSSR count). The van der Waals surface area contributed by atoms with Crippen LogP contribution < -0.4 is 16.0 Å². The van der Waals surface area contributed by atoms with E-state index < -0.39 is 5.41 Å². The Kier molecular flexibility index (Phi) is 6.36. The van der Waals surface area contributed by atoms with Crippen molar-refractivity contribution in [2.45, 2.75) is 26.2 Å². The molecule has 1 saturated heterocycles. The van der Waals surface area contributed by atoms with Gasteiger partial charge in [-0.1, -0.05) is 30.7 Å². The number of halogens is 1. The first-order valence-corrected chi connectivity index (χ1v) is 9.85. The Bertz CT molecular complexity index is 822. The number of aliphatic hydroxyl groups is 1. The fourth-order valence-corrected chi connectivity index (χ4v) is 3.69. The van der Waals surface area contributed by atoms with Gasteiger partial charge in [0.2, 0.25) is 11.9 Å². The number of amides is 1. The molecule has 4 N–H and O–H groups in total. The molecule has 7 nitrogen and oxygen atoms in total. The van der Waals surface area contributed by atoms with Crippen molar-refractivity contribution in [3.05, 3.63) is 46.6 Å². The molecule has 0 radical (unpaired) electrons. The quantitative estimate of drug-likeness (QED) is 0.581. The van der Waals surface area contributed by atoms with Crippen LogP contribution in [0.2, 0.25) is 5.02 Å². The van der Waals surface area contributed by atoms with E-state index in [1.165, 1.54) is 0 Å². The lowest BCUT2D eigenvalue weighted by Crippen LogP contribution is -2.65. The lowest BCUT2D eigenvalue weighted by atomic mass is 9.73. The van der Waals surface area contributed by atoms with Gasteiger partial charge in [0.25, 0.3) is 0 Å². The third kappa shape index (κ3) is 4.36. The van der Waals surface area contributed by atoms with E-state index in [0.29, 0.717) is 37.5 Å². The van der Waals surface area contributed by atoms with Crippen LogP contribution in [-0.2, 0) is 17.6 Å². The Labute approximate surface area is 169 Å². The fraction of sp³-hybridized carbons (Fsp3) is 0.450. The minimum atomic E-state index is -0.561. The molecular weight excluding hydrogens is 378 g/mol. The SMILES string of the molecule is CCc1cnc(N)nc1N1CC(Cc2ccc(Cl)cc2)(C(=O)NCCCO)C1. The van der Waals surface area contributed by atoms with Gasteiger partial charge in [0.05, 0.1) is 5.41 Å². The molecule has 0 aliphatic carbocycles. The molecule has 0 atom stereocenters. The van der Waals surface area contributed by atoms with Crippen molar-refractivity contribution < 1.29 is 9.90 Å². The summed E-state index contributed by atoms with van der Waals surface area (Å²) in [5, 5.41) is 12.6. The highest BCUT2D eigenvalue weighted by Gasteiger charge is 2.50. The number of aryl methyl sites for hydroxylation is 1. The number of anilines is 2. The number of nitrogens with zero attached hydrogens (tertiary/aromatic N) is 3. The van der Waals surface area contributed by atoms with Gasteiger partial charge in [-0.3, -0.25) is 4.79 Å². The van der Waals surface area contributed by atoms with Crippen molar-refractivity contribution in [2.24, 2.45) is 5.41 Å². The zero-order chi connectivity index (χ0) is 20.1. The highest BCUT2D eigenvalue weighted by molar-refractivity contribution is 6.30. The van der Waals surface area contributed by atoms with Crippen LogP contribution in [0.4, 0.5) is 11.8 Å². The van der Waals surface area contributed by atoms with Gasteiger partial charge < -0.3 is 21.1 Å². The monoisotopic (exact) mass is 403 g/mol. The largest absolute Gasteiger partial charge is 0.396 e. The number of carbonyl (C=O) groups is 1. The second kappa shape index (κ2) is 8.75. The van der Waals surface area contributed by atoms with Crippen LogP contribution in [0.5, 0.6) is 0 Å². The summed E-state index contributed by atoms with van der Waals surface area (Å²) in [4.78, 5) is 23.5. The number of hydrogen-bond donors (Lipinski definition) is 3. The van der Waals surface area contributed by atoms with Crippen molar-refractivity contribution in [1.29, 1.82) is 0 Å². The zero-order valence-electron chi connectivity index (χ0n) is 16.0. The van der Waals surface area contributed by atoms with Gasteiger partial charge in [0.15, 0.2) is 0 Å². The summed E-state index contributed by atoms with van der Waals surface area (Å²) in [6, 6.07) is 7.58. The van der Waals surface area contributed by atoms with Crippen molar-refractivity contribution in [3.63, 3.8) is 0 Å². The summed E-state index contributed by atoms with van der Waals surface area (Å²) in [7, 11) is 0. The smallest absolute Gasteiger partial charge is 0.230 e. The van der Waals surface area contributed by atoms with Crippen LogP contribution in [-0.4, -0.2) is 47.2 Å². The maximum atomic E-state index is 13.0. The number of aliphatic hydroxyl groups excluding tert-OH is 1. The van der Waals surface area contributed by atoms with E-state index in [2.05, 4.69) is 20.2 Å². The molecule has 0 spiro atoms. The minimum absolute atomic E-state index is 0.00720. The van der Waals surface area contributed by atoms with Gasteiger partial charge >= 0.3 is 0 Å². The molecule has 1 fully saturated rings. The lowest BCUT2D eigenvalue weighted by Gasteiger charge is -2.50. The zero-order valence-corrected chi connectivity index (χ0v) is 16.7. The van der Waals surface area contributed by atoms with Crippen molar-refractivity contribution in [2.75, 3.05) is 36.9 Å². The Morgan fingerprint density at radius 2 is 2.07 bits per heavy atom. The first kappa shape index (κ1) is 20.4. The molecule has 28 heavy (non-hydrogen) atoms. The molecule has 1 amide bonds. The highest BCUT2D eigenvalue weighted by Crippen LogP contribution is 2.38. The predicted octanol–water partition coefficient (Wildman–Crippen LogP) is 1.82. The van der Waals surface area contributed by atoms with E-state index in [9.17, 15) is 4.79 Å². The average Bonchev–Trinajstić information content (AvgIpc) is 2.66. The summed E-state index contributed by atoms with van der Waals surface area (Å²) in [5.74, 6) is 1.02. The molecule has 150 valence electrons. The van der Waals surface area contributed by atoms with Gasteiger partial charge in [-0.15, -0.1) is 0 Å². The second-order valence-corrected chi connectivity index (χ2v) is 7.64. The molecule has 1 aliphatic heterocycles. The van der Waals surface area contributed by atoms with Crippen LogP contribution in [0.3, 0.4) is 0 Å². The van der Waals surface area contributed by atoms with E-state index in [-0.39, 0.29) is 18.5 Å². The summed E-state index contributed by atoms with van der Waals surface area (Å²) in [6.45, 7) is 3.64. The fourth-order valence-electron chi connectivity index (χ4n) is 3.57. The average molecular weight is 404 g/mol.